The number of hydrogen-bond donors (Lipinski definition) is 2. The van der Waals surface area contributed by atoms with Gasteiger partial charge in [0.05, 0.1) is 39.9 Å². The van der Waals surface area contributed by atoms with Crippen LogP contribution >= 0.6 is 7.82 Å². The van der Waals surface area contributed by atoms with E-state index in [4.69, 9.17) is 9.05 Å². The molecule has 0 spiro atoms. The van der Waals surface area contributed by atoms with Gasteiger partial charge in [-0.3, -0.25) is 9.36 Å². The van der Waals surface area contributed by atoms with E-state index in [9.17, 15) is 19.4 Å². The van der Waals surface area contributed by atoms with Crippen molar-refractivity contribution in [2.45, 2.75) is 238 Å². The van der Waals surface area contributed by atoms with Crippen LogP contribution in [0, 0.1) is 0 Å². The van der Waals surface area contributed by atoms with E-state index in [-0.39, 0.29) is 18.9 Å². The highest BCUT2D eigenvalue weighted by Gasteiger charge is 2.23. The largest absolute Gasteiger partial charge is 0.756 e. The Hall–Kier alpha value is -1.28. The Bertz CT molecular complexity index is 1060. The van der Waals surface area contributed by atoms with Crippen molar-refractivity contribution >= 4 is 13.7 Å². The number of aliphatic hydroxyl groups is 1. The summed E-state index contributed by atoms with van der Waals surface area (Å²) >= 11 is 0. The first kappa shape index (κ1) is 57.7. The number of unbranched alkanes of at least 4 members (excludes halogenated alkanes) is 28. The number of rotatable bonds is 45. The molecular weight excluding hydrogens is 756 g/mol. The number of allylic oxidation sites excluding steroid dienone is 5. The molecule has 3 atom stereocenters. The number of carbonyl (C=O) groups excluding carboxylic acids is 1. The third-order valence-corrected chi connectivity index (χ3v) is 12.1. The molecule has 2 N–H and O–H groups in total. The molecule has 0 aromatic rings. The van der Waals surface area contributed by atoms with E-state index in [0.29, 0.717) is 17.4 Å². The minimum Gasteiger partial charge on any atom is -0.756 e. The van der Waals surface area contributed by atoms with Gasteiger partial charge in [0.25, 0.3) is 7.82 Å². The molecule has 1 amide bonds. The fourth-order valence-electron chi connectivity index (χ4n) is 7.14. The van der Waals surface area contributed by atoms with Crippen LogP contribution in [0.2, 0.25) is 0 Å². The molecule has 0 rings (SSSR count). The minimum absolute atomic E-state index is 0.0101. The van der Waals surface area contributed by atoms with Gasteiger partial charge in [-0.1, -0.05) is 217 Å². The van der Waals surface area contributed by atoms with Gasteiger partial charge in [0.15, 0.2) is 0 Å². The molecule has 0 fully saturated rings. The van der Waals surface area contributed by atoms with Gasteiger partial charge >= 0.3 is 0 Å². The molecule has 8 nitrogen and oxygen atoms in total. The van der Waals surface area contributed by atoms with Crippen molar-refractivity contribution in [3.8, 4) is 0 Å². The van der Waals surface area contributed by atoms with Crippen molar-refractivity contribution in [1.29, 1.82) is 0 Å². The second-order valence-electron chi connectivity index (χ2n) is 18.2. The van der Waals surface area contributed by atoms with E-state index in [1.165, 1.54) is 167 Å². The number of carbonyl (C=O) groups is 1. The number of hydrogen-bond acceptors (Lipinski definition) is 6. The van der Waals surface area contributed by atoms with Gasteiger partial charge in [-0.25, -0.2) is 0 Å². The lowest BCUT2D eigenvalue weighted by Gasteiger charge is -2.29. The standard InChI is InChI=1S/C50H97N2O6P/c1-6-8-10-12-14-16-18-20-21-22-23-24-25-26-27-28-29-30-32-33-35-37-39-41-43-49(53)48(47-58-59(55,56)57-46-45-52(3,4)5)51-50(54)44-42-40-38-36-34-31-19-17-15-13-11-9-7-2/h31,34,38,40-41,43,48-49,53H,6-30,32-33,35-37,39,42,44-47H2,1-5H3,(H-,51,54,55,56)/b34-31-,40-38-,43-41+. The van der Waals surface area contributed by atoms with E-state index in [2.05, 4.69) is 37.4 Å². The van der Waals surface area contributed by atoms with Crippen molar-refractivity contribution in [2.75, 3.05) is 40.9 Å². The van der Waals surface area contributed by atoms with Crippen LogP contribution in [-0.4, -0.2) is 68.5 Å². The summed E-state index contributed by atoms with van der Waals surface area (Å²) in [7, 11) is 1.23. The Morgan fingerprint density at radius 1 is 0.593 bits per heavy atom. The van der Waals surface area contributed by atoms with E-state index < -0.39 is 26.6 Å². The molecule has 0 radical (unpaired) electrons. The number of phosphoric acid groups is 1. The van der Waals surface area contributed by atoms with Crippen molar-refractivity contribution < 1.29 is 32.9 Å². The maximum atomic E-state index is 12.8. The van der Waals surface area contributed by atoms with Gasteiger partial charge in [-0.2, -0.15) is 0 Å². The first-order valence-electron chi connectivity index (χ1n) is 24.9. The van der Waals surface area contributed by atoms with Crippen LogP contribution in [0.15, 0.2) is 36.5 Å². The smallest absolute Gasteiger partial charge is 0.268 e. The Morgan fingerprint density at radius 3 is 1.41 bits per heavy atom. The van der Waals surface area contributed by atoms with Gasteiger partial charge in [0, 0.05) is 6.42 Å². The summed E-state index contributed by atoms with van der Waals surface area (Å²) < 4.78 is 23.2. The summed E-state index contributed by atoms with van der Waals surface area (Å²) in [6, 6.07) is -0.915. The molecular formula is C50H97N2O6P. The average molecular weight is 853 g/mol. The molecule has 0 heterocycles. The minimum atomic E-state index is -4.60. The topological polar surface area (TPSA) is 108 Å². The first-order chi connectivity index (χ1) is 28.5. The zero-order valence-corrected chi connectivity index (χ0v) is 40.4. The maximum absolute atomic E-state index is 12.8. The van der Waals surface area contributed by atoms with Crippen LogP contribution < -0.4 is 10.2 Å². The number of nitrogens with one attached hydrogen (secondary N) is 1. The van der Waals surface area contributed by atoms with Crippen LogP contribution in [0.1, 0.15) is 226 Å². The molecule has 0 bridgehead atoms. The van der Waals surface area contributed by atoms with Gasteiger partial charge in [0.1, 0.15) is 13.2 Å². The first-order valence-corrected chi connectivity index (χ1v) is 26.3. The molecule has 0 aliphatic rings. The van der Waals surface area contributed by atoms with Crippen LogP contribution in [0.25, 0.3) is 0 Å². The number of amides is 1. The fourth-order valence-corrected chi connectivity index (χ4v) is 7.87. The zero-order valence-electron chi connectivity index (χ0n) is 39.5. The third-order valence-electron chi connectivity index (χ3n) is 11.1. The molecule has 0 saturated carbocycles. The molecule has 0 aromatic heterocycles. The average Bonchev–Trinajstić information content (AvgIpc) is 3.19. The van der Waals surface area contributed by atoms with E-state index in [1.807, 2.05) is 33.3 Å². The van der Waals surface area contributed by atoms with Crippen LogP contribution in [0.3, 0.4) is 0 Å². The number of phosphoric ester groups is 1. The van der Waals surface area contributed by atoms with Gasteiger partial charge in [-0.05, 0) is 38.5 Å². The second-order valence-corrected chi connectivity index (χ2v) is 19.6. The molecule has 348 valence electrons. The van der Waals surface area contributed by atoms with Crippen molar-refractivity contribution in [2.24, 2.45) is 0 Å². The normalized spacial score (nSPS) is 14.5. The Labute approximate surface area is 366 Å². The van der Waals surface area contributed by atoms with Crippen LogP contribution in [0.4, 0.5) is 0 Å². The monoisotopic (exact) mass is 853 g/mol. The lowest BCUT2D eigenvalue weighted by molar-refractivity contribution is -0.870. The van der Waals surface area contributed by atoms with Gasteiger partial charge < -0.3 is 28.8 Å². The van der Waals surface area contributed by atoms with Gasteiger partial charge in [0.2, 0.25) is 5.91 Å². The predicted molar refractivity (Wildman–Crippen MR) is 251 cm³/mol. The van der Waals surface area contributed by atoms with Crippen LogP contribution in [-0.2, 0) is 18.4 Å². The lowest BCUT2D eigenvalue weighted by Crippen LogP contribution is -2.45. The highest BCUT2D eigenvalue weighted by Crippen LogP contribution is 2.38. The number of likely N-dealkylation sites (N-methyl/N-ethyl adjacent to an activating group) is 1. The van der Waals surface area contributed by atoms with Gasteiger partial charge in [-0.15, -0.1) is 0 Å². The molecule has 3 unspecified atom stereocenters. The summed E-state index contributed by atoms with van der Waals surface area (Å²) in [4.78, 5) is 25.3. The molecule has 0 saturated heterocycles. The second kappa shape index (κ2) is 42.0. The summed E-state index contributed by atoms with van der Waals surface area (Å²) in [6.07, 6.45) is 52.2. The number of aliphatic hydroxyl groups excluding tert-OH is 1. The SMILES string of the molecule is CCCCCCCC/C=C\C/C=C\CCC(=O)NC(COP(=O)([O-])OCC[N+](C)(C)C)C(O)/C=C/CCCCCCCCCCCCCCCCCCCCCCCC. The van der Waals surface area contributed by atoms with Crippen LogP contribution in [0.5, 0.6) is 0 Å². The van der Waals surface area contributed by atoms with E-state index in [1.54, 1.807) is 6.08 Å². The van der Waals surface area contributed by atoms with Crippen molar-refractivity contribution in [3.05, 3.63) is 36.5 Å². The summed E-state index contributed by atoms with van der Waals surface area (Å²) in [6.45, 7) is 4.60. The zero-order chi connectivity index (χ0) is 43.6. The fraction of sp³-hybridized carbons (Fsp3) is 0.860. The van der Waals surface area contributed by atoms with E-state index >= 15 is 0 Å². The summed E-state index contributed by atoms with van der Waals surface area (Å²) in [5.74, 6) is -0.263. The highest BCUT2D eigenvalue weighted by atomic mass is 31.2. The highest BCUT2D eigenvalue weighted by molar-refractivity contribution is 7.45. The number of nitrogens with zero attached hydrogens (tertiary/aromatic N) is 1. The van der Waals surface area contributed by atoms with Crippen molar-refractivity contribution in [3.63, 3.8) is 0 Å². The predicted octanol–water partition coefficient (Wildman–Crippen LogP) is 13.6. The molecule has 0 aliphatic heterocycles. The Kier molecular flexibility index (Phi) is 41.1. The molecule has 9 heteroatoms. The number of quaternary nitrogens is 1. The van der Waals surface area contributed by atoms with Crippen molar-refractivity contribution in [1.82, 2.24) is 5.32 Å². The quantitative estimate of drug-likeness (QED) is 0.0273. The molecule has 0 aliphatic carbocycles. The van der Waals surface area contributed by atoms with E-state index in [0.717, 1.165) is 32.1 Å². The maximum Gasteiger partial charge on any atom is 0.268 e. The summed E-state index contributed by atoms with van der Waals surface area (Å²) in [5.41, 5.74) is 0. The lowest BCUT2D eigenvalue weighted by atomic mass is 10.0. The summed E-state index contributed by atoms with van der Waals surface area (Å²) in [5, 5.41) is 13.8. The Balaban J connectivity index is 4.31. The molecule has 59 heavy (non-hydrogen) atoms. The Morgan fingerprint density at radius 2 is 0.983 bits per heavy atom. The molecule has 0 aromatic carbocycles. The third kappa shape index (κ3) is 44.6.